The van der Waals surface area contributed by atoms with Gasteiger partial charge >= 0.3 is 0 Å². The van der Waals surface area contributed by atoms with E-state index in [0.29, 0.717) is 0 Å². The van der Waals surface area contributed by atoms with Crippen molar-refractivity contribution < 1.29 is 0 Å². The maximum Gasteiger partial charge on any atom is -0.0356 e. The maximum atomic E-state index is 2.31. The van der Waals surface area contributed by atoms with Gasteiger partial charge in [0.15, 0.2) is 0 Å². The quantitative estimate of drug-likeness (QED) is 0.352. The first-order valence-corrected chi connectivity index (χ1v) is 7.77. The van der Waals surface area contributed by atoms with Gasteiger partial charge < -0.3 is 0 Å². The summed E-state index contributed by atoms with van der Waals surface area (Å²) in [5.41, 5.74) is 0. The summed E-state index contributed by atoms with van der Waals surface area (Å²) in [6.07, 6.45) is 14.6. The standard InChI is InChI=1S/C12H27P/c1-3-4-5-6-7-8-9-10-11-12-13-2/h13H,3-12H2,1-2H3. The van der Waals surface area contributed by atoms with Crippen LogP contribution in [0.2, 0.25) is 0 Å². The molecule has 0 aromatic heterocycles. The average molecular weight is 202 g/mol. The van der Waals surface area contributed by atoms with Gasteiger partial charge in [-0.2, -0.15) is 0 Å². The summed E-state index contributed by atoms with van der Waals surface area (Å²) in [6.45, 7) is 4.59. The fraction of sp³-hybridized carbons (Fsp3) is 1.00. The molecule has 80 valence electrons. The van der Waals surface area contributed by atoms with Crippen LogP contribution in [0.3, 0.4) is 0 Å². The molecule has 0 amide bonds. The third-order valence-corrected chi connectivity index (χ3v) is 3.38. The van der Waals surface area contributed by atoms with Crippen molar-refractivity contribution >= 4 is 8.58 Å². The third-order valence-electron chi connectivity index (χ3n) is 2.53. The summed E-state index contributed by atoms with van der Waals surface area (Å²) in [5, 5.41) is 0. The van der Waals surface area contributed by atoms with E-state index >= 15 is 0 Å². The number of rotatable bonds is 10. The second-order valence-electron chi connectivity index (χ2n) is 3.93. The first-order chi connectivity index (χ1) is 6.41. The van der Waals surface area contributed by atoms with Crippen LogP contribution in [-0.4, -0.2) is 12.8 Å². The van der Waals surface area contributed by atoms with Crippen LogP contribution in [0.15, 0.2) is 0 Å². The van der Waals surface area contributed by atoms with Crippen molar-refractivity contribution in [1.82, 2.24) is 0 Å². The van der Waals surface area contributed by atoms with Gasteiger partial charge in [0.2, 0.25) is 0 Å². The first kappa shape index (κ1) is 13.4. The van der Waals surface area contributed by atoms with E-state index in [2.05, 4.69) is 13.6 Å². The average Bonchev–Trinajstić information content (AvgIpc) is 2.16. The number of hydrogen-bond donors (Lipinski definition) is 0. The molecule has 0 spiro atoms. The lowest BCUT2D eigenvalue weighted by Gasteiger charge is -2.00. The van der Waals surface area contributed by atoms with Gasteiger partial charge in [0.25, 0.3) is 0 Å². The molecule has 0 rings (SSSR count). The van der Waals surface area contributed by atoms with Crippen LogP contribution < -0.4 is 0 Å². The van der Waals surface area contributed by atoms with Gasteiger partial charge in [0, 0.05) is 0 Å². The Morgan fingerprint density at radius 1 is 0.692 bits per heavy atom. The molecular formula is C12H27P. The van der Waals surface area contributed by atoms with Crippen molar-refractivity contribution in [2.75, 3.05) is 12.8 Å². The lowest BCUT2D eigenvalue weighted by atomic mass is 10.1. The SMILES string of the molecule is CCCCCCCCCCCPC. The van der Waals surface area contributed by atoms with Crippen LogP contribution in [0, 0.1) is 0 Å². The van der Waals surface area contributed by atoms with E-state index in [-0.39, 0.29) is 0 Å². The van der Waals surface area contributed by atoms with Crippen LogP contribution in [-0.2, 0) is 0 Å². The summed E-state index contributed by atoms with van der Waals surface area (Å²) in [6, 6.07) is 0. The Morgan fingerprint density at radius 3 is 1.62 bits per heavy atom. The Labute approximate surface area is 86.7 Å². The summed E-state index contributed by atoms with van der Waals surface area (Å²) in [5.74, 6) is 0. The smallest absolute Gasteiger partial charge is 0.0356 e. The molecule has 0 N–H and O–H groups in total. The summed E-state index contributed by atoms with van der Waals surface area (Å²) < 4.78 is 0. The van der Waals surface area contributed by atoms with E-state index < -0.39 is 0 Å². The Kier molecular flexibility index (Phi) is 12.8. The molecule has 0 aromatic rings. The van der Waals surface area contributed by atoms with Crippen LogP contribution >= 0.6 is 8.58 Å². The van der Waals surface area contributed by atoms with Crippen LogP contribution in [0.25, 0.3) is 0 Å². The zero-order chi connectivity index (χ0) is 9.78. The van der Waals surface area contributed by atoms with Crippen molar-refractivity contribution in [3.63, 3.8) is 0 Å². The fourth-order valence-corrected chi connectivity index (χ4v) is 2.22. The predicted octanol–water partition coefficient (Wildman–Crippen LogP) is 4.83. The molecule has 0 bridgehead atoms. The van der Waals surface area contributed by atoms with Crippen molar-refractivity contribution in [2.24, 2.45) is 0 Å². The molecule has 0 fully saturated rings. The first-order valence-electron chi connectivity index (χ1n) is 6.06. The van der Waals surface area contributed by atoms with Gasteiger partial charge in [0.1, 0.15) is 0 Å². The Balaban J connectivity index is 2.76. The molecule has 1 heteroatoms. The molecule has 1 unspecified atom stereocenters. The van der Waals surface area contributed by atoms with Crippen molar-refractivity contribution in [2.45, 2.75) is 64.7 Å². The van der Waals surface area contributed by atoms with Gasteiger partial charge in [-0.05, 0) is 19.2 Å². The molecule has 0 nitrogen and oxygen atoms in total. The predicted molar refractivity (Wildman–Crippen MR) is 66.3 cm³/mol. The highest BCUT2D eigenvalue weighted by Crippen LogP contribution is 2.12. The van der Waals surface area contributed by atoms with Crippen molar-refractivity contribution in [1.29, 1.82) is 0 Å². The molecule has 0 radical (unpaired) electrons. The molecule has 0 aliphatic heterocycles. The molecule has 0 saturated heterocycles. The van der Waals surface area contributed by atoms with Gasteiger partial charge in [0.05, 0.1) is 0 Å². The second-order valence-corrected chi connectivity index (χ2v) is 5.14. The molecule has 0 aliphatic rings. The maximum absolute atomic E-state index is 2.31. The normalized spacial score (nSPS) is 11.5. The van der Waals surface area contributed by atoms with E-state index in [1.54, 1.807) is 0 Å². The van der Waals surface area contributed by atoms with E-state index in [0.717, 1.165) is 0 Å². The summed E-state index contributed by atoms with van der Waals surface area (Å²) in [4.78, 5) is 0. The minimum absolute atomic E-state index is 1.17. The largest absolute Gasteiger partial charge is 0.125 e. The minimum Gasteiger partial charge on any atom is -0.125 e. The van der Waals surface area contributed by atoms with Crippen LogP contribution in [0.1, 0.15) is 64.7 Å². The van der Waals surface area contributed by atoms with Gasteiger partial charge in [-0.25, -0.2) is 0 Å². The van der Waals surface area contributed by atoms with Gasteiger partial charge in [-0.15, -0.1) is 8.58 Å². The molecule has 1 atom stereocenters. The van der Waals surface area contributed by atoms with E-state index in [4.69, 9.17) is 0 Å². The van der Waals surface area contributed by atoms with Crippen LogP contribution in [0.5, 0.6) is 0 Å². The van der Waals surface area contributed by atoms with Gasteiger partial charge in [-0.3, -0.25) is 0 Å². The van der Waals surface area contributed by atoms with E-state index in [1.165, 1.54) is 72.5 Å². The Morgan fingerprint density at radius 2 is 1.15 bits per heavy atom. The highest BCUT2D eigenvalue weighted by molar-refractivity contribution is 7.36. The van der Waals surface area contributed by atoms with E-state index in [9.17, 15) is 0 Å². The van der Waals surface area contributed by atoms with Crippen molar-refractivity contribution in [3.8, 4) is 0 Å². The molecular weight excluding hydrogens is 175 g/mol. The number of hydrogen-bond acceptors (Lipinski definition) is 0. The Hall–Kier alpha value is 0.430. The zero-order valence-electron chi connectivity index (χ0n) is 9.57. The fourth-order valence-electron chi connectivity index (χ4n) is 1.61. The van der Waals surface area contributed by atoms with E-state index in [1.807, 2.05) is 0 Å². The molecule has 0 heterocycles. The molecule has 13 heavy (non-hydrogen) atoms. The minimum atomic E-state index is 1.17. The highest BCUT2D eigenvalue weighted by atomic mass is 31.1. The Bertz CT molecular complexity index is 71.2. The second kappa shape index (κ2) is 12.4. The highest BCUT2D eigenvalue weighted by Gasteiger charge is 1.90. The molecule has 0 aromatic carbocycles. The lowest BCUT2D eigenvalue weighted by molar-refractivity contribution is 0.573. The van der Waals surface area contributed by atoms with Gasteiger partial charge in [-0.1, -0.05) is 58.3 Å². The molecule has 0 saturated carbocycles. The third kappa shape index (κ3) is 12.4. The summed E-state index contributed by atoms with van der Waals surface area (Å²) >= 11 is 0. The summed E-state index contributed by atoms with van der Waals surface area (Å²) in [7, 11) is 1.17. The zero-order valence-corrected chi connectivity index (χ0v) is 10.6. The lowest BCUT2D eigenvalue weighted by Crippen LogP contribution is -1.81. The molecule has 0 aliphatic carbocycles. The van der Waals surface area contributed by atoms with Crippen LogP contribution in [0.4, 0.5) is 0 Å². The van der Waals surface area contributed by atoms with Crippen molar-refractivity contribution in [3.05, 3.63) is 0 Å². The monoisotopic (exact) mass is 202 g/mol. The topological polar surface area (TPSA) is 0 Å². The number of unbranched alkanes of at least 4 members (excludes halogenated alkanes) is 8.